The smallest absolute Gasteiger partial charge is 0.150 e. The van der Waals surface area contributed by atoms with Crippen molar-refractivity contribution in [3.8, 4) is 0 Å². The molecule has 20 heavy (non-hydrogen) atoms. The van der Waals surface area contributed by atoms with Crippen LogP contribution >= 0.6 is 11.6 Å². The van der Waals surface area contributed by atoms with Gasteiger partial charge >= 0.3 is 0 Å². The van der Waals surface area contributed by atoms with Gasteiger partial charge in [0.1, 0.15) is 5.82 Å². The molecular weight excluding hydrogens is 301 g/mol. The average molecular weight is 320 g/mol. The molecule has 2 unspecified atom stereocenters. The highest BCUT2D eigenvalue weighted by atomic mass is 35.5. The van der Waals surface area contributed by atoms with Crippen LogP contribution in [0.4, 0.5) is 4.39 Å². The molecule has 112 valence electrons. The third-order valence-corrected chi connectivity index (χ3v) is 5.68. The van der Waals surface area contributed by atoms with Crippen LogP contribution in [0.1, 0.15) is 31.4 Å². The van der Waals surface area contributed by atoms with Gasteiger partial charge in [-0.2, -0.15) is 0 Å². The van der Waals surface area contributed by atoms with Gasteiger partial charge in [0.25, 0.3) is 0 Å². The molecule has 0 saturated carbocycles. The summed E-state index contributed by atoms with van der Waals surface area (Å²) in [4.78, 5) is 0. The van der Waals surface area contributed by atoms with Crippen molar-refractivity contribution in [1.29, 1.82) is 0 Å². The van der Waals surface area contributed by atoms with Gasteiger partial charge in [-0.25, -0.2) is 12.8 Å². The number of benzene rings is 1. The van der Waals surface area contributed by atoms with Gasteiger partial charge in [-0.1, -0.05) is 18.5 Å². The van der Waals surface area contributed by atoms with Gasteiger partial charge in [0.15, 0.2) is 9.84 Å². The van der Waals surface area contributed by atoms with Gasteiger partial charge in [0, 0.05) is 16.6 Å². The third kappa shape index (κ3) is 3.71. The number of sulfone groups is 1. The Hall–Kier alpha value is -0.650. The summed E-state index contributed by atoms with van der Waals surface area (Å²) in [6.07, 6.45) is 1.47. The highest BCUT2D eigenvalue weighted by Crippen LogP contribution is 2.33. The summed E-state index contributed by atoms with van der Waals surface area (Å²) in [6.45, 7) is 2.73. The molecule has 1 saturated heterocycles. The lowest BCUT2D eigenvalue weighted by Crippen LogP contribution is -2.30. The fraction of sp³-hybridized carbons (Fsp3) is 0.571. The van der Waals surface area contributed by atoms with Crippen molar-refractivity contribution in [2.24, 2.45) is 5.92 Å². The summed E-state index contributed by atoms with van der Waals surface area (Å²) in [7, 11) is -2.99. The Kier molecular flexibility index (Phi) is 5.04. The molecule has 2 atom stereocenters. The Bertz CT molecular complexity index is 577. The quantitative estimate of drug-likeness (QED) is 0.907. The maximum Gasteiger partial charge on any atom is 0.150 e. The van der Waals surface area contributed by atoms with Crippen LogP contribution in [0.5, 0.6) is 0 Å². The van der Waals surface area contributed by atoms with Gasteiger partial charge in [-0.3, -0.25) is 0 Å². The molecule has 0 bridgehead atoms. The molecular formula is C14H19ClFNO2S. The van der Waals surface area contributed by atoms with Crippen molar-refractivity contribution in [2.75, 3.05) is 18.1 Å². The lowest BCUT2D eigenvalue weighted by Gasteiger charge is -2.25. The van der Waals surface area contributed by atoms with Gasteiger partial charge < -0.3 is 5.32 Å². The van der Waals surface area contributed by atoms with Crippen LogP contribution in [-0.4, -0.2) is 26.5 Å². The van der Waals surface area contributed by atoms with E-state index in [1.807, 2.05) is 6.92 Å². The standard InChI is InChI=1S/C14H19ClFNO2S/c1-2-6-17-14(10-5-7-20(18,19)9-10)12-8-11(15)3-4-13(12)16/h3-4,8,10,14,17H,2,5-7,9H2,1H3. The zero-order valence-electron chi connectivity index (χ0n) is 11.4. The summed E-state index contributed by atoms with van der Waals surface area (Å²) < 4.78 is 37.4. The molecule has 1 heterocycles. The van der Waals surface area contributed by atoms with Crippen molar-refractivity contribution < 1.29 is 12.8 Å². The monoisotopic (exact) mass is 319 g/mol. The molecule has 1 fully saturated rings. The Morgan fingerprint density at radius 3 is 2.85 bits per heavy atom. The largest absolute Gasteiger partial charge is 0.310 e. The summed E-state index contributed by atoms with van der Waals surface area (Å²) in [5, 5.41) is 3.73. The minimum Gasteiger partial charge on any atom is -0.310 e. The highest BCUT2D eigenvalue weighted by molar-refractivity contribution is 7.91. The Morgan fingerprint density at radius 1 is 1.50 bits per heavy atom. The summed E-state index contributed by atoms with van der Waals surface area (Å²) >= 11 is 5.94. The maximum absolute atomic E-state index is 14.0. The van der Waals surface area contributed by atoms with Crippen LogP contribution < -0.4 is 5.32 Å². The topological polar surface area (TPSA) is 46.2 Å². The van der Waals surface area contributed by atoms with Crippen LogP contribution in [0.25, 0.3) is 0 Å². The van der Waals surface area contributed by atoms with E-state index in [9.17, 15) is 12.8 Å². The predicted octanol–water partition coefficient (Wildman–Crippen LogP) is 2.95. The molecule has 3 nitrogen and oxygen atoms in total. The average Bonchev–Trinajstić information content (AvgIpc) is 2.74. The Morgan fingerprint density at radius 2 is 2.25 bits per heavy atom. The number of nitrogens with one attached hydrogen (secondary N) is 1. The van der Waals surface area contributed by atoms with Crippen molar-refractivity contribution >= 4 is 21.4 Å². The minimum atomic E-state index is -2.99. The van der Waals surface area contributed by atoms with Crippen LogP contribution in [0.15, 0.2) is 18.2 Å². The Balaban J connectivity index is 2.30. The van der Waals surface area contributed by atoms with Crippen molar-refractivity contribution in [2.45, 2.75) is 25.8 Å². The third-order valence-electron chi connectivity index (χ3n) is 3.65. The molecule has 1 aromatic carbocycles. The van der Waals surface area contributed by atoms with Crippen LogP contribution in [-0.2, 0) is 9.84 Å². The first-order valence-corrected chi connectivity index (χ1v) is 9.01. The molecule has 0 aliphatic carbocycles. The van der Waals surface area contributed by atoms with E-state index in [4.69, 9.17) is 11.6 Å². The van der Waals surface area contributed by atoms with Crippen molar-refractivity contribution in [3.63, 3.8) is 0 Å². The number of hydrogen-bond donors (Lipinski definition) is 1. The van der Waals surface area contributed by atoms with Crippen LogP contribution in [0.2, 0.25) is 5.02 Å². The van der Waals surface area contributed by atoms with Crippen LogP contribution in [0, 0.1) is 11.7 Å². The van der Waals surface area contributed by atoms with E-state index in [0.29, 0.717) is 23.6 Å². The molecule has 1 aliphatic rings. The number of hydrogen-bond acceptors (Lipinski definition) is 3. The minimum absolute atomic E-state index is 0.0977. The molecule has 0 radical (unpaired) electrons. The van der Waals surface area contributed by atoms with Crippen molar-refractivity contribution in [1.82, 2.24) is 5.32 Å². The summed E-state index contributed by atoms with van der Waals surface area (Å²) in [5.41, 5.74) is 0.466. The SMILES string of the molecule is CCCNC(c1cc(Cl)ccc1F)C1CCS(=O)(=O)C1. The normalized spacial score (nSPS) is 22.9. The molecule has 2 rings (SSSR count). The maximum atomic E-state index is 14.0. The van der Waals surface area contributed by atoms with Gasteiger partial charge in [0.2, 0.25) is 0 Å². The lowest BCUT2D eigenvalue weighted by molar-refractivity contribution is 0.380. The number of rotatable bonds is 5. The summed E-state index contributed by atoms with van der Waals surface area (Å²) in [6, 6.07) is 4.13. The predicted molar refractivity (Wildman–Crippen MR) is 79.2 cm³/mol. The Labute approximate surface area is 124 Å². The molecule has 0 amide bonds. The molecule has 0 spiro atoms. The molecule has 1 aliphatic heterocycles. The van der Waals surface area contributed by atoms with E-state index in [-0.39, 0.29) is 29.3 Å². The molecule has 1 N–H and O–H groups in total. The van der Waals surface area contributed by atoms with E-state index in [0.717, 1.165) is 6.42 Å². The van der Waals surface area contributed by atoms with E-state index in [2.05, 4.69) is 5.32 Å². The van der Waals surface area contributed by atoms with Gasteiger partial charge in [0.05, 0.1) is 11.5 Å². The lowest BCUT2D eigenvalue weighted by atomic mass is 9.92. The molecule has 0 aromatic heterocycles. The second-order valence-electron chi connectivity index (χ2n) is 5.26. The second-order valence-corrected chi connectivity index (χ2v) is 7.93. The van der Waals surface area contributed by atoms with E-state index >= 15 is 0 Å². The van der Waals surface area contributed by atoms with E-state index in [1.165, 1.54) is 12.1 Å². The van der Waals surface area contributed by atoms with Gasteiger partial charge in [-0.05, 0) is 43.5 Å². The number of halogens is 2. The second kappa shape index (κ2) is 6.41. The fourth-order valence-corrected chi connectivity index (χ4v) is 4.69. The molecule has 1 aromatic rings. The molecule has 6 heteroatoms. The van der Waals surface area contributed by atoms with E-state index < -0.39 is 9.84 Å². The summed E-state index contributed by atoms with van der Waals surface area (Å²) in [5.74, 6) is -0.142. The first-order chi connectivity index (χ1) is 9.43. The first kappa shape index (κ1) is 15.7. The van der Waals surface area contributed by atoms with Crippen LogP contribution in [0.3, 0.4) is 0 Å². The van der Waals surface area contributed by atoms with Crippen molar-refractivity contribution in [3.05, 3.63) is 34.6 Å². The first-order valence-electron chi connectivity index (χ1n) is 6.81. The fourth-order valence-electron chi connectivity index (χ4n) is 2.67. The highest BCUT2D eigenvalue weighted by Gasteiger charge is 2.35. The van der Waals surface area contributed by atoms with E-state index in [1.54, 1.807) is 6.07 Å². The zero-order chi connectivity index (χ0) is 14.8. The zero-order valence-corrected chi connectivity index (χ0v) is 13.0. The van der Waals surface area contributed by atoms with Gasteiger partial charge in [-0.15, -0.1) is 0 Å².